The number of hydrogen-bond acceptors (Lipinski definition) is 4. The third kappa shape index (κ3) is 2.76. The fourth-order valence-electron chi connectivity index (χ4n) is 2.94. The molecule has 1 aliphatic heterocycles. The van der Waals surface area contributed by atoms with Gasteiger partial charge in [0.05, 0.1) is 29.8 Å². The summed E-state index contributed by atoms with van der Waals surface area (Å²) in [7, 11) is 0. The average Bonchev–Trinajstić information content (AvgIpc) is 2.57. The van der Waals surface area contributed by atoms with Gasteiger partial charge in [0, 0.05) is 12.1 Å². The zero-order valence-electron chi connectivity index (χ0n) is 12.1. The Bertz CT molecular complexity index is 550. The topological polar surface area (TPSA) is 62.9 Å². The quantitative estimate of drug-likeness (QED) is 0.894. The summed E-state index contributed by atoms with van der Waals surface area (Å²) < 4.78 is 0. The SMILES string of the molecule is CC1(C)CCNCC(CC#N)N1c1ccccc1C#N. The number of rotatable bonds is 2. The molecule has 20 heavy (non-hydrogen) atoms. The van der Waals surface area contributed by atoms with Crippen LogP contribution >= 0.6 is 0 Å². The van der Waals surface area contributed by atoms with Crippen molar-refractivity contribution >= 4 is 5.69 Å². The van der Waals surface area contributed by atoms with Crippen molar-refractivity contribution in [1.82, 2.24) is 5.32 Å². The maximum atomic E-state index is 9.35. The van der Waals surface area contributed by atoms with Crippen molar-refractivity contribution in [3.63, 3.8) is 0 Å². The van der Waals surface area contributed by atoms with Crippen LogP contribution < -0.4 is 10.2 Å². The Morgan fingerprint density at radius 1 is 1.35 bits per heavy atom. The lowest BCUT2D eigenvalue weighted by molar-refractivity contribution is 0.418. The molecule has 1 aromatic rings. The standard InChI is InChI=1S/C16H20N4/c1-16(2)8-10-19-12-14(7-9-17)20(16)15-6-4-3-5-13(15)11-18/h3-6,14,19H,7-8,10,12H2,1-2H3. The summed E-state index contributed by atoms with van der Waals surface area (Å²) in [5, 5.41) is 21.9. The van der Waals surface area contributed by atoms with Gasteiger partial charge in [-0.25, -0.2) is 0 Å². The minimum atomic E-state index is -0.0853. The number of anilines is 1. The second-order valence-corrected chi connectivity index (χ2v) is 5.78. The molecule has 0 aromatic heterocycles. The first kappa shape index (κ1) is 14.4. The largest absolute Gasteiger partial charge is 0.360 e. The van der Waals surface area contributed by atoms with Gasteiger partial charge in [0.1, 0.15) is 6.07 Å². The summed E-state index contributed by atoms with van der Waals surface area (Å²) >= 11 is 0. The van der Waals surface area contributed by atoms with Crippen LogP contribution in [0.25, 0.3) is 0 Å². The average molecular weight is 268 g/mol. The third-order valence-electron chi connectivity index (χ3n) is 3.92. The summed E-state index contributed by atoms with van der Waals surface area (Å²) in [5.74, 6) is 0. The van der Waals surface area contributed by atoms with Gasteiger partial charge in [0.25, 0.3) is 0 Å². The molecule has 2 rings (SSSR count). The van der Waals surface area contributed by atoms with E-state index in [0.717, 1.165) is 25.2 Å². The predicted molar refractivity (Wildman–Crippen MR) is 79.2 cm³/mol. The first-order valence-electron chi connectivity index (χ1n) is 6.96. The molecule has 0 bridgehead atoms. The number of para-hydroxylation sites is 1. The summed E-state index contributed by atoms with van der Waals surface area (Å²) in [6.45, 7) is 6.06. The van der Waals surface area contributed by atoms with Gasteiger partial charge in [0.15, 0.2) is 0 Å². The zero-order valence-corrected chi connectivity index (χ0v) is 12.1. The van der Waals surface area contributed by atoms with E-state index in [1.807, 2.05) is 24.3 Å². The predicted octanol–water partition coefficient (Wildman–Crippen LogP) is 2.42. The van der Waals surface area contributed by atoms with Crippen LogP contribution in [0.5, 0.6) is 0 Å². The minimum Gasteiger partial charge on any atom is -0.360 e. The summed E-state index contributed by atoms with van der Waals surface area (Å²) in [4.78, 5) is 2.26. The molecule has 1 fully saturated rings. The number of benzene rings is 1. The van der Waals surface area contributed by atoms with Crippen LogP contribution in [0.2, 0.25) is 0 Å². The highest BCUT2D eigenvalue weighted by Crippen LogP contribution is 2.33. The number of nitriles is 2. The summed E-state index contributed by atoms with van der Waals surface area (Å²) in [5.41, 5.74) is 1.52. The Morgan fingerprint density at radius 3 is 2.80 bits per heavy atom. The fraction of sp³-hybridized carbons (Fsp3) is 0.500. The Balaban J connectivity index is 2.50. The van der Waals surface area contributed by atoms with Gasteiger partial charge in [-0.1, -0.05) is 12.1 Å². The maximum Gasteiger partial charge on any atom is 0.101 e. The third-order valence-corrected chi connectivity index (χ3v) is 3.92. The molecule has 1 aliphatic rings. The second kappa shape index (κ2) is 5.94. The molecule has 0 radical (unpaired) electrons. The molecule has 1 heterocycles. The molecule has 0 amide bonds. The Hall–Kier alpha value is -2.04. The molecule has 1 saturated heterocycles. The van der Waals surface area contributed by atoms with Crippen molar-refractivity contribution in [2.75, 3.05) is 18.0 Å². The zero-order chi connectivity index (χ0) is 14.6. The van der Waals surface area contributed by atoms with E-state index < -0.39 is 0 Å². The van der Waals surface area contributed by atoms with Crippen LogP contribution in [0.15, 0.2) is 24.3 Å². The van der Waals surface area contributed by atoms with Gasteiger partial charge < -0.3 is 10.2 Å². The highest BCUT2D eigenvalue weighted by atomic mass is 15.3. The van der Waals surface area contributed by atoms with Crippen molar-refractivity contribution in [3.05, 3.63) is 29.8 Å². The van der Waals surface area contributed by atoms with Crippen molar-refractivity contribution in [2.45, 2.75) is 38.3 Å². The molecule has 4 heteroatoms. The number of hydrogen-bond donors (Lipinski definition) is 1. The van der Waals surface area contributed by atoms with Gasteiger partial charge in [-0.3, -0.25) is 0 Å². The Morgan fingerprint density at radius 2 is 2.10 bits per heavy atom. The Labute approximate surface area is 120 Å². The minimum absolute atomic E-state index is 0.0853. The highest BCUT2D eigenvalue weighted by Gasteiger charge is 2.35. The van der Waals surface area contributed by atoms with Gasteiger partial charge in [-0.2, -0.15) is 10.5 Å². The van der Waals surface area contributed by atoms with E-state index in [9.17, 15) is 5.26 Å². The molecule has 1 aromatic carbocycles. The number of nitrogens with one attached hydrogen (secondary N) is 1. The maximum absolute atomic E-state index is 9.35. The van der Waals surface area contributed by atoms with Crippen LogP contribution in [0.3, 0.4) is 0 Å². The van der Waals surface area contributed by atoms with Gasteiger partial charge in [-0.05, 0) is 38.9 Å². The molecular formula is C16H20N4. The van der Waals surface area contributed by atoms with Crippen LogP contribution in [0, 0.1) is 22.7 Å². The van der Waals surface area contributed by atoms with E-state index in [-0.39, 0.29) is 11.6 Å². The van der Waals surface area contributed by atoms with Crippen molar-refractivity contribution < 1.29 is 0 Å². The van der Waals surface area contributed by atoms with Gasteiger partial charge in [0.2, 0.25) is 0 Å². The van der Waals surface area contributed by atoms with E-state index in [1.165, 1.54) is 0 Å². The van der Waals surface area contributed by atoms with E-state index in [2.05, 4.69) is 36.2 Å². The summed E-state index contributed by atoms with van der Waals surface area (Å²) in [6.07, 6.45) is 1.44. The number of nitrogens with zero attached hydrogens (tertiary/aromatic N) is 3. The van der Waals surface area contributed by atoms with Crippen LogP contribution in [-0.4, -0.2) is 24.7 Å². The van der Waals surface area contributed by atoms with E-state index >= 15 is 0 Å². The smallest absolute Gasteiger partial charge is 0.101 e. The monoisotopic (exact) mass is 268 g/mol. The lowest BCUT2D eigenvalue weighted by atomic mass is 9.94. The molecule has 0 spiro atoms. The molecule has 104 valence electrons. The first-order valence-corrected chi connectivity index (χ1v) is 6.96. The molecule has 0 saturated carbocycles. The first-order chi connectivity index (χ1) is 9.60. The van der Waals surface area contributed by atoms with Gasteiger partial charge in [-0.15, -0.1) is 0 Å². The van der Waals surface area contributed by atoms with Crippen molar-refractivity contribution in [1.29, 1.82) is 10.5 Å². The van der Waals surface area contributed by atoms with E-state index in [1.54, 1.807) is 0 Å². The lowest BCUT2D eigenvalue weighted by Crippen LogP contribution is -2.51. The highest BCUT2D eigenvalue weighted by molar-refractivity contribution is 5.61. The summed E-state index contributed by atoms with van der Waals surface area (Å²) in [6, 6.07) is 12.3. The van der Waals surface area contributed by atoms with Gasteiger partial charge >= 0.3 is 0 Å². The van der Waals surface area contributed by atoms with Crippen LogP contribution in [-0.2, 0) is 0 Å². The van der Waals surface area contributed by atoms with Crippen LogP contribution in [0.1, 0.15) is 32.3 Å². The fourth-order valence-corrected chi connectivity index (χ4v) is 2.94. The van der Waals surface area contributed by atoms with Crippen molar-refractivity contribution in [2.24, 2.45) is 0 Å². The normalized spacial score (nSPS) is 21.6. The van der Waals surface area contributed by atoms with E-state index in [4.69, 9.17) is 5.26 Å². The van der Waals surface area contributed by atoms with Crippen molar-refractivity contribution in [3.8, 4) is 12.1 Å². The second-order valence-electron chi connectivity index (χ2n) is 5.78. The molecule has 1 N–H and O–H groups in total. The molecule has 0 aliphatic carbocycles. The van der Waals surface area contributed by atoms with Crippen LogP contribution in [0.4, 0.5) is 5.69 Å². The van der Waals surface area contributed by atoms with E-state index in [0.29, 0.717) is 12.0 Å². The Kier molecular flexibility index (Phi) is 4.27. The molecule has 1 unspecified atom stereocenters. The molecular weight excluding hydrogens is 248 g/mol. The lowest BCUT2D eigenvalue weighted by Gasteiger charge is -2.43. The molecule has 4 nitrogen and oxygen atoms in total. The molecule has 1 atom stereocenters.